The molecule has 0 aromatic heterocycles. The van der Waals surface area contributed by atoms with Crippen LogP contribution in [0.25, 0.3) is 0 Å². The summed E-state index contributed by atoms with van der Waals surface area (Å²) in [6.45, 7) is 5.76. The summed E-state index contributed by atoms with van der Waals surface area (Å²) in [6, 6.07) is 2.44. The van der Waals surface area contributed by atoms with Crippen molar-refractivity contribution in [3.63, 3.8) is 0 Å². The second-order valence-electron chi connectivity index (χ2n) is 3.54. The van der Waals surface area contributed by atoms with Crippen LogP contribution in [-0.4, -0.2) is 18.9 Å². The number of esters is 1. The van der Waals surface area contributed by atoms with Crippen LogP contribution in [0.1, 0.15) is 36.7 Å². The molecule has 0 amide bonds. The van der Waals surface area contributed by atoms with Crippen molar-refractivity contribution in [1.29, 1.82) is 0 Å². The van der Waals surface area contributed by atoms with E-state index in [1.54, 1.807) is 6.92 Å². The molecule has 1 rings (SSSR count). The Kier molecular flexibility index (Phi) is 8.59. The molecule has 0 fully saturated rings. The summed E-state index contributed by atoms with van der Waals surface area (Å²) in [5.74, 6) is -0.998. The van der Waals surface area contributed by atoms with Crippen LogP contribution in [0.5, 0.6) is 5.75 Å². The summed E-state index contributed by atoms with van der Waals surface area (Å²) in [7, 11) is 0. The Hall–Kier alpha value is -2.31. The zero-order valence-electron chi connectivity index (χ0n) is 12.4. The molecule has 1 aromatic rings. The fraction of sp³-hybridized carbons (Fsp3) is 0.333. The maximum Gasteiger partial charge on any atom is 0.416 e. The van der Waals surface area contributed by atoms with E-state index in [2.05, 4.69) is 4.74 Å². The number of carbonyl (C=O) groups excluding carboxylic acids is 2. The highest BCUT2D eigenvalue weighted by Crippen LogP contribution is 2.32. The van der Waals surface area contributed by atoms with Gasteiger partial charge in [0.05, 0.1) is 30.1 Å². The van der Waals surface area contributed by atoms with Gasteiger partial charge in [0.15, 0.2) is 6.29 Å². The highest BCUT2D eigenvalue weighted by molar-refractivity contribution is 5.82. The molecule has 7 heteroatoms. The standard InChI is InChI=1S/C13H11F3O4.C2H6/c1-2-19-12(18)5-6-20-11-7-10(13(14,15)16)4-3-9(11)8-17;1-2/h3-8H,2H2,1H3;1-2H3/b6-5+;. The van der Waals surface area contributed by atoms with Crippen molar-refractivity contribution >= 4 is 12.3 Å². The van der Waals surface area contributed by atoms with Gasteiger partial charge < -0.3 is 9.47 Å². The van der Waals surface area contributed by atoms with Crippen molar-refractivity contribution in [2.24, 2.45) is 0 Å². The average Bonchev–Trinajstić information content (AvgIpc) is 2.48. The number of benzene rings is 1. The van der Waals surface area contributed by atoms with E-state index in [0.29, 0.717) is 12.4 Å². The molecule has 0 aliphatic rings. The first-order valence-corrected chi connectivity index (χ1v) is 6.55. The van der Waals surface area contributed by atoms with Crippen LogP contribution in [0, 0.1) is 0 Å². The molecule has 0 spiro atoms. The lowest BCUT2D eigenvalue weighted by Crippen LogP contribution is -2.06. The Morgan fingerprint density at radius 1 is 1.27 bits per heavy atom. The van der Waals surface area contributed by atoms with Gasteiger partial charge in [-0.05, 0) is 25.1 Å². The van der Waals surface area contributed by atoms with Gasteiger partial charge in [-0.25, -0.2) is 4.79 Å². The third kappa shape index (κ3) is 6.43. The Bertz CT molecular complexity index is 522. The number of hydrogen-bond donors (Lipinski definition) is 0. The Morgan fingerprint density at radius 2 is 1.91 bits per heavy atom. The van der Waals surface area contributed by atoms with Gasteiger partial charge >= 0.3 is 12.1 Å². The van der Waals surface area contributed by atoms with E-state index in [9.17, 15) is 22.8 Å². The summed E-state index contributed by atoms with van der Waals surface area (Å²) in [5.41, 5.74) is -1.02. The third-order valence-corrected chi connectivity index (χ3v) is 2.15. The van der Waals surface area contributed by atoms with E-state index < -0.39 is 17.7 Å². The topological polar surface area (TPSA) is 52.6 Å². The van der Waals surface area contributed by atoms with Crippen LogP contribution in [-0.2, 0) is 15.7 Å². The van der Waals surface area contributed by atoms with E-state index in [4.69, 9.17) is 4.74 Å². The van der Waals surface area contributed by atoms with Crippen LogP contribution in [0.15, 0.2) is 30.5 Å². The van der Waals surface area contributed by atoms with Crippen molar-refractivity contribution in [2.75, 3.05) is 6.61 Å². The molecule has 0 bridgehead atoms. The number of halogens is 3. The van der Waals surface area contributed by atoms with Gasteiger partial charge in [0, 0.05) is 0 Å². The van der Waals surface area contributed by atoms with E-state index in [-0.39, 0.29) is 17.9 Å². The van der Waals surface area contributed by atoms with E-state index in [0.717, 1.165) is 24.5 Å². The smallest absolute Gasteiger partial charge is 0.416 e. The molecular weight excluding hydrogens is 301 g/mol. The lowest BCUT2D eigenvalue weighted by molar-refractivity contribution is -0.138. The normalized spacial score (nSPS) is 10.6. The first-order chi connectivity index (χ1) is 10.4. The number of aldehydes is 1. The molecule has 0 heterocycles. The summed E-state index contributed by atoms with van der Waals surface area (Å²) in [5, 5.41) is 0. The quantitative estimate of drug-likeness (QED) is 0.356. The first-order valence-electron chi connectivity index (χ1n) is 6.55. The maximum atomic E-state index is 12.5. The number of ether oxygens (including phenoxy) is 2. The number of rotatable bonds is 5. The molecule has 0 unspecified atom stereocenters. The van der Waals surface area contributed by atoms with Crippen LogP contribution in [0.2, 0.25) is 0 Å². The Labute approximate surface area is 126 Å². The molecule has 1 aromatic carbocycles. The molecule has 122 valence electrons. The molecule has 0 N–H and O–H groups in total. The summed E-state index contributed by atoms with van der Waals surface area (Å²) < 4.78 is 47.0. The zero-order valence-corrected chi connectivity index (χ0v) is 12.4. The SMILES string of the molecule is CC.CCOC(=O)/C=C/Oc1cc(C(F)(F)F)ccc1C=O. The van der Waals surface area contributed by atoms with Crippen LogP contribution >= 0.6 is 0 Å². The fourth-order valence-electron chi connectivity index (χ4n) is 1.26. The Morgan fingerprint density at radius 3 is 2.41 bits per heavy atom. The van der Waals surface area contributed by atoms with Gasteiger partial charge in [0.2, 0.25) is 0 Å². The highest BCUT2D eigenvalue weighted by Gasteiger charge is 2.31. The number of carbonyl (C=O) groups is 2. The molecule has 0 saturated carbocycles. The van der Waals surface area contributed by atoms with Crippen molar-refractivity contribution in [3.05, 3.63) is 41.7 Å². The van der Waals surface area contributed by atoms with Crippen LogP contribution in [0.4, 0.5) is 13.2 Å². The largest absolute Gasteiger partial charge is 0.464 e. The Balaban J connectivity index is 0.00000211. The number of hydrogen-bond acceptors (Lipinski definition) is 4. The second kappa shape index (κ2) is 9.59. The van der Waals surface area contributed by atoms with Gasteiger partial charge in [-0.1, -0.05) is 13.8 Å². The maximum absolute atomic E-state index is 12.5. The lowest BCUT2D eigenvalue weighted by atomic mass is 10.1. The van der Waals surface area contributed by atoms with Crippen LogP contribution in [0.3, 0.4) is 0 Å². The van der Waals surface area contributed by atoms with Crippen molar-refractivity contribution in [2.45, 2.75) is 26.9 Å². The van der Waals surface area contributed by atoms with E-state index >= 15 is 0 Å². The number of alkyl halides is 3. The average molecular weight is 318 g/mol. The molecule has 22 heavy (non-hydrogen) atoms. The first kappa shape index (κ1) is 19.7. The predicted molar refractivity (Wildman–Crippen MR) is 74.6 cm³/mol. The zero-order chi connectivity index (χ0) is 17.2. The minimum Gasteiger partial charge on any atom is -0.464 e. The van der Waals surface area contributed by atoms with E-state index in [1.807, 2.05) is 13.8 Å². The van der Waals surface area contributed by atoms with Crippen molar-refractivity contribution in [3.8, 4) is 5.75 Å². The third-order valence-electron chi connectivity index (χ3n) is 2.15. The van der Waals surface area contributed by atoms with Crippen LogP contribution < -0.4 is 4.74 Å². The molecule has 4 nitrogen and oxygen atoms in total. The monoisotopic (exact) mass is 318 g/mol. The second-order valence-corrected chi connectivity index (χ2v) is 3.54. The molecule has 0 saturated heterocycles. The molecule has 0 aliphatic carbocycles. The van der Waals surface area contributed by atoms with Gasteiger partial charge in [0.1, 0.15) is 5.75 Å². The summed E-state index contributed by atoms with van der Waals surface area (Å²) in [4.78, 5) is 21.7. The van der Waals surface area contributed by atoms with Gasteiger partial charge in [0.25, 0.3) is 0 Å². The summed E-state index contributed by atoms with van der Waals surface area (Å²) in [6.07, 6.45) is -2.43. The minimum absolute atomic E-state index is 0.0634. The van der Waals surface area contributed by atoms with Gasteiger partial charge in [-0.3, -0.25) is 4.79 Å². The molecule has 0 atom stereocenters. The van der Waals surface area contributed by atoms with Crippen molar-refractivity contribution < 1.29 is 32.2 Å². The highest BCUT2D eigenvalue weighted by atomic mass is 19.4. The van der Waals surface area contributed by atoms with Gasteiger partial charge in [-0.2, -0.15) is 13.2 Å². The predicted octanol–water partition coefficient (Wildman–Crippen LogP) is 4.00. The molecule has 0 aliphatic heterocycles. The minimum atomic E-state index is -4.55. The molecular formula is C15H17F3O4. The van der Waals surface area contributed by atoms with E-state index in [1.165, 1.54) is 0 Å². The fourth-order valence-corrected chi connectivity index (χ4v) is 1.26. The lowest BCUT2D eigenvalue weighted by Gasteiger charge is -2.09. The van der Waals surface area contributed by atoms with Gasteiger partial charge in [-0.15, -0.1) is 0 Å². The summed E-state index contributed by atoms with van der Waals surface area (Å²) >= 11 is 0. The molecule has 0 radical (unpaired) electrons. The van der Waals surface area contributed by atoms with Crippen molar-refractivity contribution in [1.82, 2.24) is 0 Å².